The number of hydrogen-bond donors (Lipinski definition) is 0. The third-order valence-electron chi connectivity index (χ3n) is 4.60. The highest BCUT2D eigenvalue weighted by atomic mass is 16.1. The Hall–Kier alpha value is -2.94. The molecule has 0 saturated heterocycles. The fourth-order valence-electron chi connectivity index (χ4n) is 3.33. The van der Waals surface area contributed by atoms with E-state index >= 15 is 0 Å². The largest absolute Gasteiger partial charge is 0.289 e. The Morgan fingerprint density at radius 1 is 1.00 bits per heavy atom. The monoisotopic (exact) mass is 314 g/mol. The molecule has 3 heteroatoms. The van der Waals surface area contributed by atoms with E-state index in [0.717, 1.165) is 39.3 Å². The molecule has 0 atom stereocenters. The number of allylic oxidation sites excluding steroid dienone is 1. The van der Waals surface area contributed by atoms with Crippen molar-refractivity contribution in [1.82, 2.24) is 9.78 Å². The number of aryl methyl sites for hydroxylation is 1. The zero-order chi connectivity index (χ0) is 16.7. The van der Waals surface area contributed by atoms with Gasteiger partial charge in [-0.1, -0.05) is 42.5 Å². The normalized spacial score (nSPS) is 15.1. The number of carbonyl (C=O) groups is 1. The first-order valence-electron chi connectivity index (χ1n) is 8.10. The number of benzene rings is 2. The minimum Gasteiger partial charge on any atom is -0.289 e. The second kappa shape index (κ2) is 5.60. The Bertz CT molecular complexity index is 965. The summed E-state index contributed by atoms with van der Waals surface area (Å²) in [4.78, 5) is 12.6. The molecule has 1 aliphatic carbocycles. The molecule has 0 spiro atoms. The van der Waals surface area contributed by atoms with Crippen LogP contribution in [0.2, 0.25) is 0 Å². The van der Waals surface area contributed by atoms with E-state index in [4.69, 9.17) is 0 Å². The summed E-state index contributed by atoms with van der Waals surface area (Å²) in [6.07, 6.45) is 2.71. The van der Waals surface area contributed by atoms with Crippen molar-refractivity contribution >= 4 is 11.9 Å². The summed E-state index contributed by atoms with van der Waals surface area (Å²) in [5, 5.41) is 4.66. The van der Waals surface area contributed by atoms with E-state index in [0.29, 0.717) is 6.42 Å². The second-order valence-corrected chi connectivity index (χ2v) is 6.16. The van der Waals surface area contributed by atoms with Gasteiger partial charge in [0.05, 0.1) is 11.4 Å². The molecule has 1 aliphatic rings. The van der Waals surface area contributed by atoms with Gasteiger partial charge in [0, 0.05) is 28.8 Å². The molecule has 3 aromatic rings. The molecule has 4 rings (SSSR count). The molecule has 0 amide bonds. The van der Waals surface area contributed by atoms with Crippen molar-refractivity contribution in [3.05, 3.63) is 88.2 Å². The minimum absolute atomic E-state index is 0.136. The van der Waals surface area contributed by atoms with Gasteiger partial charge in [-0.2, -0.15) is 5.10 Å². The van der Waals surface area contributed by atoms with Gasteiger partial charge in [-0.15, -0.1) is 0 Å². The summed E-state index contributed by atoms with van der Waals surface area (Å²) in [5.41, 5.74) is 6.84. The second-order valence-electron chi connectivity index (χ2n) is 6.16. The molecule has 0 N–H and O–H groups in total. The molecule has 0 fully saturated rings. The fourth-order valence-corrected chi connectivity index (χ4v) is 3.33. The molecule has 0 bridgehead atoms. The van der Waals surface area contributed by atoms with Gasteiger partial charge >= 0.3 is 0 Å². The molecule has 118 valence electrons. The molecule has 0 radical (unpaired) electrons. The Balaban J connectivity index is 1.77. The number of hydrogen-bond acceptors (Lipinski definition) is 2. The average molecular weight is 314 g/mol. The lowest BCUT2D eigenvalue weighted by Crippen LogP contribution is -1.99. The lowest BCUT2D eigenvalue weighted by Gasteiger charge is -2.04. The Morgan fingerprint density at radius 2 is 1.71 bits per heavy atom. The maximum atomic E-state index is 12.6. The van der Waals surface area contributed by atoms with Crippen molar-refractivity contribution in [1.29, 1.82) is 0 Å². The predicted molar refractivity (Wildman–Crippen MR) is 95.5 cm³/mol. The van der Waals surface area contributed by atoms with Gasteiger partial charge in [-0.3, -0.25) is 4.79 Å². The van der Waals surface area contributed by atoms with Crippen LogP contribution in [0.4, 0.5) is 0 Å². The van der Waals surface area contributed by atoms with Crippen LogP contribution in [0.1, 0.15) is 32.9 Å². The van der Waals surface area contributed by atoms with Gasteiger partial charge in [0.15, 0.2) is 5.78 Å². The maximum Gasteiger partial charge on any atom is 0.189 e. The third kappa shape index (κ3) is 2.29. The van der Waals surface area contributed by atoms with Crippen molar-refractivity contribution in [3.8, 4) is 5.69 Å². The van der Waals surface area contributed by atoms with E-state index < -0.39 is 0 Å². The maximum absolute atomic E-state index is 12.6. The number of para-hydroxylation sites is 1. The van der Waals surface area contributed by atoms with Gasteiger partial charge in [-0.05, 0) is 37.6 Å². The van der Waals surface area contributed by atoms with Crippen LogP contribution in [-0.2, 0) is 6.42 Å². The number of nitrogens with zero attached hydrogens (tertiary/aromatic N) is 2. The van der Waals surface area contributed by atoms with Crippen LogP contribution in [0, 0.1) is 13.8 Å². The van der Waals surface area contributed by atoms with Gasteiger partial charge in [0.2, 0.25) is 0 Å². The summed E-state index contributed by atoms with van der Waals surface area (Å²) in [6, 6.07) is 17.9. The molecular formula is C21H18N2O. The summed E-state index contributed by atoms with van der Waals surface area (Å²) in [7, 11) is 0. The van der Waals surface area contributed by atoms with Crippen molar-refractivity contribution in [2.45, 2.75) is 20.3 Å². The van der Waals surface area contributed by atoms with Crippen molar-refractivity contribution in [3.63, 3.8) is 0 Å². The molecule has 0 aliphatic heterocycles. The van der Waals surface area contributed by atoms with Crippen LogP contribution in [0.5, 0.6) is 0 Å². The van der Waals surface area contributed by atoms with Crippen molar-refractivity contribution in [2.24, 2.45) is 0 Å². The fraction of sp³-hybridized carbons (Fsp3) is 0.143. The quantitative estimate of drug-likeness (QED) is 0.661. The van der Waals surface area contributed by atoms with E-state index in [1.54, 1.807) is 0 Å². The highest BCUT2D eigenvalue weighted by Crippen LogP contribution is 2.29. The van der Waals surface area contributed by atoms with E-state index in [1.165, 1.54) is 0 Å². The standard InChI is InChI=1S/C21H18N2O/c1-14-20(15(2)23(22-14)18-9-4-3-5-10-18)13-17-12-16-8-6-7-11-19(16)21(17)24/h3-11,13H,12H2,1-2H3/b17-13+. The molecule has 0 saturated carbocycles. The van der Waals surface area contributed by atoms with Crippen LogP contribution in [0.3, 0.4) is 0 Å². The number of rotatable bonds is 2. The van der Waals surface area contributed by atoms with Gasteiger partial charge in [0.1, 0.15) is 0 Å². The topological polar surface area (TPSA) is 34.9 Å². The van der Waals surface area contributed by atoms with Crippen LogP contribution in [0.15, 0.2) is 60.2 Å². The highest BCUT2D eigenvalue weighted by Gasteiger charge is 2.25. The van der Waals surface area contributed by atoms with E-state index in [-0.39, 0.29) is 5.78 Å². The lowest BCUT2D eigenvalue weighted by atomic mass is 10.1. The number of fused-ring (bicyclic) bond motifs is 1. The molecule has 2 aromatic carbocycles. The molecule has 3 nitrogen and oxygen atoms in total. The summed E-state index contributed by atoms with van der Waals surface area (Å²) >= 11 is 0. The predicted octanol–water partition coefficient (Wildman–Crippen LogP) is 4.31. The van der Waals surface area contributed by atoms with Crippen molar-refractivity contribution < 1.29 is 4.79 Å². The smallest absolute Gasteiger partial charge is 0.189 e. The number of carbonyl (C=O) groups excluding carboxylic acids is 1. The molecule has 1 heterocycles. The van der Waals surface area contributed by atoms with Gasteiger partial charge in [-0.25, -0.2) is 4.68 Å². The SMILES string of the molecule is Cc1nn(-c2ccccc2)c(C)c1/C=C1\Cc2ccccc2C1=O. The average Bonchev–Trinajstić information content (AvgIpc) is 3.08. The molecule has 1 aromatic heterocycles. The van der Waals surface area contributed by atoms with E-state index in [2.05, 4.69) is 5.10 Å². The summed E-state index contributed by atoms with van der Waals surface area (Å²) in [5.74, 6) is 0.136. The molecular weight excluding hydrogens is 296 g/mol. The first-order valence-corrected chi connectivity index (χ1v) is 8.10. The summed E-state index contributed by atoms with van der Waals surface area (Å²) in [6.45, 7) is 4.04. The van der Waals surface area contributed by atoms with Crippen LogP contribution in [0.25, 0.3) is 11.8 Å². The minimum atomic E-state index is 0.136. The van der Waals surface area contributed by atoms with Crippen molar-refractivity contribution in [2.75, 3.05) is 0 Å². The number of Topliss-reactive ketones (excluding diaryl/α,β-unsaturated/α-hetero) is 1. The third-order valence-corrected chi connectivity index (χ3v) is 4.60. The van der Waals surface area contributed by atoms with Gasteiger partial charge < -0.3 is 0 Å². The Morgan fingerprint density at radius 3 is 2.46 bits per heavy atom. The van der Waals surface area contributed by atoms with E-state index in [9.17, 15) is 4.79 Å². The van der Waals surface area contributed by atoms with Crippen LogP contribution >= 0.6 is 0 Å². The van der Waals surface area contributed by atoms with Crippen LogP contribution in [-0.4, -0.2) is 15.6 Å². The Labute approximate surface area is 141 Å². The Kier molecular flexibility index (Phi) is 3.42. The first-order chi connectivity index (χ1) is 11.6. The van der Waals surface area contributed by atoms with E-state index in [1.807, 2.05) is 79.2 Å². The number of aromatic nitrogens is 2. The number of ketones is 1. The zero-order valence-corrected chi connectivity index (χ0v) is 13.8. The zero-order valence-electron chi connectivity index (χ0n) is 13.8. The summed E-state index contributed by atoms with van der Waals surface area (Å²) < 4.78 is 1.94. The first kappa shape index (κ1) is 14.6. The van der Waals surface area contributed by atoms with Gasteiger partial charge in [0.25, 0.3) is 0 Å². The molecule has 0 unspecified atom stereocenters. The lowest BCUT2D eigenvalue weighted by molar-refractivity contribution is 0.104. The van der Waals surface area contributed by atoms with Crippen LogP contribution < -0.4 is 0 Å². The highest BCUT2D eigenvalue weighted by molar-refractivity contribution is 6.15. The molecule has 24 heavy (non-hydrogen) atoms.